The highest BCUT2D eigenvalue weighted by molar-refractivity contribution is 6.31. The molecule has 6 heteroatoms. The second kappa shape index (κ2) is 6.67. The van der Waals surface area contributed by atoms with Crippen molar-refractivity contribution in [2.45, 2.75) is 20.3 Å². The Bertz CT molecular complexity index is 1200. The first kappa shape index (κ1) is 17.5. The average molecular weight is 380 g/mol. The lowest BCUT2D eigenvalue weighted by Gasteiger charge is -2.11. The summed E-state index contributed by atoms with van der Waals surface area (Å²) in [7, 11) is 1.41. The van der Waals surface area contributed by atoms with E-state index in [-0.39, 0.29) is 12.4 Å². The zero-order valence-corrected chi connectivity index (χ0v) is 16.0. The fourth-order valence-corrected chi connectivity index (χ4v) is 3.67. The van der Waals surface area contributed by atoms with Crippen LogP contribution in [-0.4, -0.2) is 27.6 Å². The van der Waals surface area contributed by atoms with E-state index in [4.69, 9.17) is 16.3 Å². The van der Waals surface area contributed by atoms with Crippen molar-refractivity contribution in [1.29, 1.82) is 0 Å². The smallest absolute Gasteiger partial charge is 0.310 e. The maximum atomic E-state index is 12.0. The van der Waals surface area contributed by atoms with Gasteiger partial charge in [-0.1, -0.05) is 23.2 Å². The van der Waals surface area contributed by atoms with Crippen molar-refractivity contribution in [2.75, 3.05) is 7.11 Å². The number of carbonyl (C=O) groups excluding carboxylic acids is 1. The van der Waals surface area contributed by atoms with Gasteiger partial charge in [-0.3, -0.25) is 9.36 Å². The minimum atomic E-state index is -0.266. The minimum Gasteiger partial charge on any atom is -0.469 e. The first-order valence-electron chi connectivity index (χ1n) is 8.57. The van der Waals surface area contributed by atoms with Gasteiger partial charge in [-0.25, -0.2) is 9.97 Å². The summed E-state index contributed by atoms with van der Waals surface area (Å²) in [5.74, 6) is 0.497. The van der Waals surface area contributed by atoms with Gasteiger partial charge in [-0.15, -0.1) is 0 Å². The number of fused-ring (bicyclic) bond motifs is 2. The zero-order valence-electron chi connectivity index (χ0n) is 15.3. The van der Waals surface area contributed by atoms with E-state index in [2.05, 4.69) is 32.7 Å². The number of esters is 1. The van der Waals surface area contributed by atoms with Gasteiger partial charge in [0.15, 0.2) is 0 Å². The van der Waals surface area contributed by atoms with Gasteiger partial charge >= 0.3 is 5.97 Å². The summed E-state index contributed by atoms with van der Waals surface area (Å²) >= 11 is 6.12. The number of halogens is 1. The molecule has 0 aliphatic rings. The highest BCUT2D eigenvalue weighted by atomic mass is 35.5. The van der Waals surface area contributed by atoms with E-state index in [1.165, 1.54) is 13.4 Å². The maximum Gasteiger partial charge on any atom is 0.310 e. The van der Waals surface area contributed by atoms with Crippen LogP contribution in [0, 0.1) is 13.8 Å². The van der Waals surface area contributed by atoms with Crippen LogP contribution in [0.5, 0.6) is 0 Å². The molecule has 0 aliphatic heterocycles. The summed E-state index contributed by atoms with van der Waals surface area (Å²) in [5.41, 5.74) is 4.80. The number of aryl methyl sites for hydroxylation is 1. The number of hydrogen-bond acceptors (Lipinski definition) is 4. The van der Waals surface area contributed by atoms with Crippen LogP contribution in [0.4, 0.5) is 0 Å². The molecule has 27 heavy (non-hydrogen) atoms. The van der Waals surface area contributed by atoms with Crippen molar-refractivity contribution < 1.29 is 9.53 Å². The third kappa shape index (κ3) is 2.94. The Balaban J connectivity index is 2.06. The monoisotopic (exact) mass is 379 g/mol. The molecule has 0 bridgehead atoms. The molecule has 0 spiro atoms. The second-order valence-corrected chi connectivity index (χ2v) is 6.97. The molecule has 2 aromatic carbocycles. The lowest BCUT2D eigenvalue weighted by atomic mass is 10.1. The largest absolute Gasteiger partial charge is 0.469 e. The molecular weight excluding hydrogens is 362 g/mol. The summed E-state index contributed by atoms with van der Waals surface area (Å²) in [6.45, 7) is 4.04. The summed E-state index contributed by atoms with van der Waals surface area (Å²) < 4.78 is 6.97. The molecule has 2 heterocycles. The highest BCUT2D eigenvalue weighted by Gasteiger charge is 2.20. The Kier molecular flexibility index (Phi) is 4.32. The Labute approximate surface area is 161 Å². The van der Waals surface area contributed by atoms with Crippen molar-refractivity contribution in [3.8, 4) is 5.82 Å². The van der Waals surface area contributed by atoms with Crippen molar-refractivity contribution in [1.82, 2.24) is 14.5 Å². The van der Waals surface area contributed by atoms with Crippen LogP contribution in [0.2, 0.25) is 5.02 Å². The fraction of sp³-hybridized carbons (Fsp3) is 0.190. The van der Waals surface area contributed by atoms with E-state index in [0.717, 1.165) is 44.4 Å². The summed E-state index contributed by atoms with van der Waals surface area (Å²) in [4.78, 5) is 20.9. The normalized spacial score (nSPS) is 11.3. The number of hydrogen-bond donors (Lipinski definition) is 0. The van der Waals surface area contributed by atoms with Crippen LogP contribution in [0.25, 0.3) is 27.6 Å². The molecule has 136 valence electrons. The van der Waals surface area contributed by atoms with E-state index < -0.39 is 0 Å². The minimum absolute atomic E-state index is 0.212. The van der Waals surface area contributed by atoms with Gasteiger partial charge in [0.25, 0.3) is 0 Å². The maximum absolute atomic E-state index is 12.0. The predicted molar refractivity (Wildman–Crippen MR) is 107 cm³/mol. The van der Waals surface area contributed by atoms with Gasteiger partial charge in [0.2, 0.25) is 0 Å². The Hall–Kier alpha value is -2.92. The van der Waals surface area contributed by atoms with Gasteiger partial charge in [0, 0.05) is 21.5 Å². The topological polar surface area (TPSA) is 57.0 Å². The molecule has 0 saturated carbocycles. The van der Waals surface area contributed by atoms with E-state index >= 15 is 0 Å². The van der Waals surface area contributed by atoms with E-state index in [1.807, 2.05) is 32.0 Å². The first-order valence-corrected chi connectivity index (χ1v) is 8.95. The van der Waals surface area contributed by atoms with Crippen LogP contribution in [0.3, 0.4) is 0 Å². The summed E-state index contributed by atoms with van der Waals surface area (Å²) in [6.07, 6.45) is 1.75. The van der Waals surface area contributed by atoms with Crippen LogP contribution in [0.1, 0.15) is 16.8 Å². The molecule has 0 saturated heterocycles. The van der Waals surface area contributed by atoms with Crippen LogP contribution < -0.4 is 0 Å². The predicted octanol–water partition coefficient (Wildman–Crippen LogP) is 4.56. The summed E-state index contributed by atoms with van der Waals surface area (Å²) in [6, 6.07) is 11.8. The number of aromatic nitrogens is 3. The molecule has 0 aliphatic carbocycles. The van der Waals surface area contributed by atoms with Crippen LogP contribution >= 0.6 is 11.6 Å². The number of methoxy groups -OCH3 is 1. The van der Waals surface area contributed by atoms with E-state index in [9.17, 15) is 4.79 Å². The molecule has 0 radical (unpaired) electrons. The molecule has 0 amide bonds. The number of carbonyl (C=O) groups is 1. The lowest BCUT2D eigenvalue weighted by molar-refractivity contribution is -0.139. The van der Waals surface area contributed by atoms with Crippen molar-refractivity contribution >= 4 is 39.4 Å². The Morgan fingerprint density at radius 2 is 1.93 bits per heavy atom. The highest BCUT2D eigenvalue weighted by Crippen LogP contribution is 2.32. The van der Waals surface area contributed by atoms with Gasteiger partial charge in [0.1, 0.15) is 12.1 Å². The molecule has 0 atom stereocenters. The Morgan fingerprint density at radius 1 is 1.11 bits per heavy atom. The third-order valence-corrected chi connectivity index (χ3v) is 5.06. The van der Waals surface area contributed by atoms with E-state index in [1.54, 1.807) is 0 Å². The first-order chi connectivity index (χ1) is 13.0. The SMILES string of the molecule is COC(=O)Cc1c(C)n(-c2ncnc3cc(Cl)ccc23)c2ccc(C)cc12. The van der Waals surface area contributed by atoms with Gasteiger partial charge in [-0.05, 0) is 49.7 Å². The van der Waals surface area contributed by atoms with Gasteiger partial charge in [-0.2, -0.15) is 0 Å². The zero-order chi connectivity index (χ0) is 19.1. The van der Waals surface area contributed by atoms with Crippen LogP contribution in [0.15, 0.2) is 42.7 Å². The number of rotatable bonds is 3. The van der Waals surface area contributed by atoms with Gasteiger partial charge in [0.05, 0.1) is 24.6 Å². The average Bonchev–Trinajstić information content (AvgIpc) is 2.92. The Morgan fingerprint density at radius 3 is 2.70 bits per heavy atom. The van der Waals surface area contributed by atoms with Crippen molar-refractivity contribution in [2.24, 2.45) is 0 Å². The van der Waals surface area contributed by atoms with E-state index in [0.29, 0.717) is 5.02 Å². The summed E-state index contributed by atoms with van der Waals surface area (Å²) in [5, 5.41) is 2.55. The van der Waals surface area contributed by atoms with Crippen molar-refractivity contribution in [3.05, 3.63) is 64.6 Å². The third-order valence-electron chi connectivity index (χ3n) is 4.83. The molecule has 4 rings (SSSR count). The fourth-order valence-electron chi connectivity index (χ4n) is 3.50. The van der Waals surface area contributed by atoms with Crippen LogP contribution in [-0.2, 0) is 16.0 Å². The standard InChI is InChI=1S/C21H18ClN3O2/c1-12-4-7-19-17(8-12)16(10-20(26)27-3)13(2)25(19)21-15-6-5-14(22)9-18(15)23-11-24-21/h4-9,11H,10H2,1-3H3. The molecule has 2 aromatic heterocycles. The molecule has 0 N–H and O–H groups in total. The molecule has 4 aromatic rings. The number of benzene rings is 2. The number of nitrogens with zero attached hydrogens (tertiary/aromatic N) is 3. The molecular formula is C21H18ClN3O2. The lowest BCUT2D eigenvalue weighted by Crippen LogP contribution is -2.07. The second-order valence-electron chi connectivity index (χ2n) is 6.53. The molecule has 5 nitrogen and oxygen atoms in total. The quantitative estimate of drug-likeness (QED) is 0.490. The molecule has 0 unspecified atom stereocenters. The number of ether oxygens (including phenoxy) is 1. The van der Waals surface area contributed by atoms with Gasteiger partial charge < -0.3 is 4.74 Å². The van der Waals surface area contributed by atoms with Crippen molar-refractivity contribution in [3.63, 3.8) is 0 Å². The molecule has 0 fully saturated rings.